The van der Waals surface area contributed by atoms with Crippen LogP contribution in [-0.4, -0.2) is 4.57 Å². The van der Waals surface area contributed by atoms with Crippen LogP contribution in [0.2, 0.25) is 0 Å². The van der Waals surface area contributed by atoms with E-state index in [-0.39, 0.29) is 11.6 Å². The van der Waals surface area contributed by atoms with E-state index in [9.17, 15) is 4.39 Å². The molecule has 0 spiro atoms. The summed E-state index contributed by atoms with van der Waals surface area (Å²) in [5.74, 6) is -0.584. The summed E-state index contributed by atoms with van der Waals surface area (Å²) in [7, 11) is 0. The predicted molar refractivity (Wildman–Crippen MR) is 298 cm³/mol. The van der Waals surface area contributed by atoms with Crippen LogP contribution in [0, 0.1) is 11.6 Å². The van der Waals surface area contributed by atoms with Crippen LogP contribution in [0.4, 0.5) is 42.9 Å². The van der Waals surface area contributed by atoms with Gasteiger partial charge in [-0.25, -0.2) is 8.78 Å². The number of anilines is 6. The molecule has 342 valence electrons. The molecule has 0 aliphatic heterocycles. The molecule has 3 nitrogen and oxygen atoms in total. The number of benzene rings is 12. The van der Waals surface area contributed by atoms with Gasteiger partial charge in [-0.2, -0.15) is 0 Å². The summed E-state index contributed by atoms with van der Waals surface area (Å²) in [6, 6.07) is 81.4. The molecular formula is C67H45F2N3. The summed E-state index contributed by atoms with van der Waals surface area (Å²) < 4.78 is 32.5. The maximum Gasteiger partial charge on any atom is 0.123 e. The number of hydrogen-bond donors (Lipinski definition) is 0. The summed E-state index contributed by atoms with van der Waals surface area (Å²) in [5.41, 5.74) is 13.0. The first-order chi connectivity index (χ1) is 35.3. The molecular weight excluding hydrogens is 885 g/mol. The highest BCUT2D eigenvalue weighted by molar-refractivity contribution is 6.24. The van der Waals surface area contributed by atoms with Crippen molar-refractivity contribution in [3.05, 3.63) is 259 Å². The third-order valence-corrected chi connectivity index (χ3v) is 15.2. The van der Waals surface area contributed by atoms with E-state index in [1.165, 1.54) is 21.9 Å². The van der Waals surface area contributed by atoms with Gasteiger partial charge in [-0.1, -0.05) is 153 Å². The minimum atomic E-state index is -0.526. The van der Waals surface area contributed by atoms with Gasteiger partial charge in [0.05, 0.1) is 28.1 Å². The first-order valence-electron chi connectivity index (χ1n) is 24.6. The molecule has 5 heteroatoms. The van der Waals surface area contributed by atoms with Crippen LogP contribution >= 0.6 is 0 Å². The summed E-state index contributed by atoms with van der Waals surface area (Å²) in [6.45, 7) is 4.68. The maximum atomic E-state index is 15.3. The monoisotopic (exact) mass is 929 g/mol. The van der Waals surface area contributed by atoms with Crippen molar-refractivity contribution in [2.45, 2.75) is 19.3 Å². The zero-order valence-electron chi connectivity index (χ0n) is 39.6. The highest BCUT2D eigenvalue weighted by atomic mass is 19.1. The lowest BCUT2D eigenvalue weighted by molar-refractivity contribution is 0.627. The Hall–Kier alpha value is -9.06. The van der Waals surface area contributed by atoms with Gasteiger partial charge in [0.2, 0.25) is 0 Å². The van der Waals surface area contributed by atoms with Crippen molar-refractivity contribution >= 4 is 99.0 Å². The SMILES string of the molecule is CC1(C)c2cc(N(c3ccc(F)cc3)c3cc4ccccc4c4ccccc34)ccc2-c2c1cc1c(c2N(c2ccc(F)cc2)c2cc3ccccc3c3ccccc23)c2ccccc2n1-c1ccccc1. The number of halogens is 2. The normalized spacial score (nSPS) is 12.8. The largest absolute Gasteiger partial charge is 0.310 e. The van der Waals surface area contributed by atoms with E-state index >= 15 is 4.39 Å². The Labute approximate surface area is 415 Å². The summed E-state index contributed by atoms with van der Waals surface area (Å²) >= 11 is 0. The number of hydrogen-bond acceptors (Lipinski definition) is 2. The zero-order valence-corrected chi connectivity index (χ0v) is 39.6. The highest BCUT2D eigenvalue weighted by Gasteiger charge is 2.41. The number of aromatic nitrogens is 1. The molecule has 12 aromatic carbocycles. The molecule has 14 rings (SSSR count). The Morgan fingerprint density at radius 3 is 1.44 bits per heavy atom. The van der Waals surface area contributed by atoms with E-state index < -0.39 is 5.41 Å². The quantitative estimate of drug-likeness (QED) is 0.148. The van der Waals surface area contributed by atoms with Crippen LogP contribution in [0.5, 0.6) is 0 Å². The van der Waals surface area contributed by atoms with Gasteiger partial charge in [0, 0.05) is 55.3 Å². The smallest absolute Gasteiger partial charge is 0.123 e. The zero-order chi connectivity index (χ0) is 48.2. The number of nitrogens with zero attached hydrogens (tertiary/aromatic N) is 3. The fourth-order valence-electron chi connectivity index (χ4n) is 11.9. The summed E-state index contributed by atoms with van der Waals surface area (Å²) in [6.07, 6.45) is 0. The Morgan fingerprint density at radius 1 is 0.375 bits per heavy atom. The molecule has 0 saturated carbocycles. The first kappa shape index (κ1) is 41.9. The average Bonchev–Trinajstić information content (AvgIpc) is 3.87. The summed E-state index contributed by atoms with van der Waals surface area (Å²) in [4.78, 5) is 4.69. The van der Waals surface area contributed by atoms with Gasteiger partial charge in [0.15, 0.2) is 0 Å². The fraction of sp³-hybridized carbons (Fsp3) is 0.0448. The van der Waals surface area contributed by atoms with Crippen LogP contribution in [0.15, 0.2) is 237 Å². The lowest BCUT2D eigenvalue weighted by Gasteiger charge is -2.31. The van der Waals surface area contributed by atoms with E-state index in [2.05, 4.69) is 216 Å². The molecule has 1 heterocycles. The molecule has 1 aliphatic carbocycles. The number of para-hydroxylation sites is 2. The third kappa shape index (κ3) is 6.27. The van der Waals surface area contributed by atoms with E-state index in [1.807, 2.05) is 24.3 Å². The number of rotatable bonds is 7. The van der Waals surface area contributed by atoms with E-state index in [1.54, 1.807) is 24.3 Å². The molecule has 1 aromatic heterocycles. The van der Waals surface area contributed by atoms with Crippen molar-refractivity contribution in [1.29, 1.82) is 0 Å². The Kier molecular flexibility index (Phi) is 9.30. The van der Waals surface area contributed by atoms with Crippen LogP contribution in [0.3, 0.4) is 0 Å². The van der Waals surface area contributed by atoms with Crippen molar-refractivity contribution in [2.75, 3.05) is 9.80 Å². The molecule has 0 amide bonds. The van der Waals surface area contributed by atoms with Crippen LogP contribution in [0.25, 0.3) is 81.7 Å². The van der Waals surface area contributed by atoms with E-state index in [0.29, 0.717) is 0 Å². The van der Waals surface area contributed by atoms with Crippen molar-refractivity contribution in [3.8, 4) is 16.8 Å². The molecule has 1 aliphatic rings. The van der Waals surface area contributed by atoms with Crippen molar-refractivity contribution < 1.29 is 8.78 Å². The van der Waals surface area contributed by atoms with Crippen LogP contribution < -0.4 is 9.80 Å². The van der Waals surface area contributed by atoms with Gasteiger partial charge < -0.3 is 14.4 Å². The van der Waals surface area contributed by atoms with Gasteiger partial charge in [-0.05, 0) is 146 Å². The fourth-order valence-corrected chi connectivity index (χ4v) is 11.9. The minimum absolute atomic E-state index is 0.288. The topological polar surface area (TPSA) is 11.4 Å². The molecule has 0 saturated heterocycles. The number of fused-ring (bicyclic) bond motifs is 12. The Balaban J connectivity index is 1.11. The molecule has 0 fully saturated rings. The lowest BCUT2D eigenvalue weighted by atomic mass is 9.81. The second-order valence-electron chi connectivity index (χ2n) is 19.5. The van der Waals surface area contributed by atoms with Crippen LogP contribution in [0.1, 0.15) is 25.0 Å². The second kappa shape index (κ2) is 16.0. The third-order valence-electron chi connectivity index (χ3n) is 15.2. The van der Waals surface area contributed by atoms with Gasteiger partial charge in [-0.15, -0.1) is 0 Å². The van der Waals surface area contributed by atoms with Gasteiger partial charge in [-0.3, -0.25) is 0 Å². The van der Waals surface area contributed by atoms with Crippen LogP contribution in [-0.2, 0) is 5.41 Å². The second-order valence-corrected chi connectivity index (χ2v) is 19.5. The average molecular weight is 930 g/mol. The maximum absolute atomic E-state index is 15.3. The van der Waals surface area contributed by atoms with Gasteiger partial charge in [0.25, 0.3) is 0 Å². The Morgan fingerprint density at radius 2 is 0.847 bits per heavy atom. The highest BCUT2D eigenvalue weighted by Crippen LogP contribution is 2.60. The summed E-state index contributed by atoms with van der Waals surface area (Å²) in [5, 5.41) is 11.3. The molecule has 0 N–H and O–H groups in total. The van der Waals surface area contributed by atoms with Crippen molar-refractivity contribution in [2.24, 2.45) is 0 Å². The first-order valence-corrected chi connectivity index (χ1v) is 24.6. The molecule has 0 radical (unpaired) electrons. The van der Waals surface area contributed by atoms with Gasteiger partial charge in [0.1, 0.15) is 11.6 Å². The van der Waals surface area contributed by atoms with Gasteiger partial charge >= 0.3 is 0 Å². The van der Waals surface area contributed by atoms with Crippen molar-refractivity contribution in [3.63, 3.8) is 0 Å². The minimum Gasteiger partial charge on any atom is -0.310 e. The predicted octanol–water partition coefficient (Wildman–Crippen LogP) is 18.9. The molecule has 0 bridgehead atoms. The molecule has 13 aromatic rings. The molecule has 0 atom stereocenters. The molecule has 0 unspecified atom stereocenters. The standard InChI is InChI=1S/C67H45F2N3/c1-67(2)58-40-49(70(47-32-28-44(68)29-33-47)61-38-42-16-6-8-20-50(42)52-22-10-12-24-54(52)61)36-37-56(58)64-59(67)41-63-65(57-26-14-15-27-60(57)71(63)46-18-4-3-5-19-46)66(64)72(48-34-30-45(69)31-35-48)62-39-43-17-7-9-21-51(43)53-23-11-13-25-55(53)62/h3-41H,1-2H3. The van der Waals surface area contributed by atoms with Crippen molar-refractivity contribution in [1.82, 2.24) is 4.57 Å². The Bertz CT molecular complexity index is 4330. The van der Waals surface area contributed by atoms with E-state index in [0.717, 1.165) is 105 Å². The lowest BCUT2D eigenvalue weighted by Crippen LogP contribution is -2.18. The molecule has 72 heavy (non-hydrogen) atoms. The van der Waals surface area contributed by atoms with E-state index in [4.69, 9.17) is 0 Å².